The molecule has 3 rings (SSSR count). The highest BCUT2D eigenvalue weighted by Gasteiger charge is 2.46. The van der Waals surface area contributed by atoms with Crippen LogP contribution in [0.15, 0.2) is 18.2 Å². The van der Waals surface area contributed by atoms with Gasteiger partial charge in [-0.3, -0.25) is 9.59 Å². The fraction of sp³-hybridized carbons (Fsp3) is 0.471. The van der Waals surface area contributed by atoms with Gasteiger partial charge in [0, 0.05) is 31.0 Å². The topological polar surface area (TPSA) is 105 Å². The Kier molecular flexibility index (Phi) is 5.06. The number of rotatable bonds is 5. The molecule has 0 radical (unpaired) electrons. The maximum Gasteiger partial charge on any atom is 0.331 e. The standard InChI is InChI=1S/C17H19ClN2O6/c1-25-13-3-2-11(18)7-12(13)20-8-10(6-14(20)21)15(22)19-17(16(23)24)4-5-26-9-17/h2-3,7,10H,4-6,8-9H2,1H3,(H,19,22)(H,23,24). The first kappa shape index (κ1) is 18.5. The molecular weight excluding hydrogens is 364 g/mol. The van der Waals surface area contributed by atoms with Crippen LogP contribution in [-0.2, 0) is 19.1 Å². The summed E-state index contributed by atoms with van der Waals surface area (Å²) in [7, 11) is 1.48. The zero-order valence-corrected chi connectivity index (χ0v) is 14.9. The van der Waals surface area contributed by atoms with E-state index in [-0.39, 0.29) is 38.5 Å². The molecule has 0 aliphatic carbocycles. The van der Waals surface area contributed by atoms with E-state index in [4.69, 9.17) is 21.1 Å². The molecule has 0 bridgehead atoms. The van der Waals surface area contributed by atoms with E-state index >= 15 is 0 Å². The summed E-state index contributed by atoms with van der Waals surface area (Å²) in [6.45, 7) is 0.306. The molecule has 1 aromatic carbocycles. The van der Waals surface area contributed by atoms with Gasteiger partial charge in [0.05, 0.1) is 25.3 Å². The molecule has 2 heterocycles. The van der Waals surface area contributed by atoms with E-state index in [9.17, 15) is 19.5 Å². The highest BCUT2D eigenvalue weighted by Crippen LogP contribution is 2.35. The Labute approximate surface area is 155 Å². The van der Waals surface area contributed by atoms with Gasteiger partial charge in [-0.15, -0.1) is 0 Å². The summed E-state index contributed by atoms with van der Waals surface area (Å²) in [5, 5.41) is 12.4. The SMILES string of the molecule is COc1ccc(Cl)cc1N1CC(C(=O)NC2(C(=O)O)CCOC2)CC1=O. The van der Waals surface area contributed by atoms with Gasteiger partial charge in [-0.1, -0.05) is 11.6 Å². The second kappa shape index (κ2) is 7.13. The van der Waals surface area contributed by atoms with Crippen molar-refractivity contribution in [2.45, 2.75) is 18.4 Å². The molecule has 2 atom stereocenters. The van der Waals surface area contributed by atoms with Gasteiger partial charge in [0.15, 0.2) is 5.54 Å². The summed E-state index contributed by atoms with van der Waals surface area (Å²) < 4.78 is 10.4. The number of aliphatic carboxylic acids is 1. The lowest BCUT2D eigenvalue weighted by molar-refractivity contribution is -0.148. The molecule has 0 spiro atoms. The molecule has 9 heteroatoms. The summed E-state index contributed by atoms with van der Waals surface area (Å²) in [6.07, 6.45) is 0.179. The number of hydrogen-bond acceptors (Lipinski definition) is 5. The van der Waals surface area contributed by atoms with E-state index < -0.39 is 23.3 Å². The summed E-state index contributed by atoms with van der Waals surface area (Å²) >= 11 is 6.01. The van der Waals surface area contributed by atoms with Crippen molar-refractivity contribution >= 4 is 35.1 Å². The van der Waals surface area contributed by atoms with Crippen LogP contribution in [0.4, 0.5) is 5.69 Å². The molecule has 140 valence electrons. The summed E-state index contributed by atoms with van der Waals surface area (Å²) in [5.41, 5.74) is -0.946. The smallest absolute Gasteiger partial charge is 0.331 e. The second-order valence-corrected chi connectivity index (χ2v) is 6.84. The third-order valence-electron chi connectivity index (χ3n) is 4.72. The molecule has 2 aliphatic heterocycles. The Balaban J connectivity index is 1.76. The largest absolute Gasteiger partial charge is 0.495 e. The third-order valence-corrected chi connectivity index (χ3v) is 4.96. The van der Waals surface area contributed by atoms with Crippen molar-refractivity contribution in [3.63, 3.8) is 0 Å². The van der Waals surface area contributed by atoms with Crippen molar-refractivity contribution in [2.75, 3.05) is 31.8 Å². The van der Waals surface area contributed by atoms with Crippen LogP contribution in [0.3, 0.4) is 0 Å². The number of amides is 2. The number of halogens is 1. The lowest BCUT2D eigenvalue weighted by Gasteiger charge is -2.25. The molecule has 2 N–H and O–H groups in total. The first-order chi connectivity index (χ1) is 12.4. The van der Waals surface area contributed by atoms with Gasteiger partial charge in [0.25, 0.3) is 0 Å². The molecule has 2 fully saturated rings. The minimum Gasteiger partial charge on any atom is -0.495 e. The van der Waals surface area contributed by atoms with Crippen molar-refractivity contribution in [2.24, 2.45) is 5.92 Å². The number of nitrogens with zero attached hydrogens (tertiary/aromatic N) is 1. The highest BCUT2D eigenvalue weighted by molar-refractivity contribution is 6.31. The normalized spacial score (nSPS) is 25.4. The first-order valence-electron chi connectivity index (χ1n) is 8.13. The molecule has 0 aromatic heterocycles. The van der Waals surface area contributed by atoms with Gasteiger partial charge in [0.2, 0.25) is 11.8 Å². The fourth-order valence-corrected chi connectivity index (χ4v) is 3.38. The van der Waals surface area contributed by atoms with E-state index in [0.717, 1.165) is 0 Å². The molecule has 2 saturated heterocycles. The van der Waals surface area contributed by atoms with Crippen molar-refractivity contribution in [1.29, 1.82) is 0 Å². The average molecular weight is 383 g/mol. The molecule has 8 nitrogen and oxygen atoms in total. The summed E-state index contributed by atoms with van der Waals surface area (Å²) in [5.74, 6) is -2.06. The van der Waals surface area contributed by atoms with E-state index in [0.29, 0.717) is 16.5 Å². The second-order valence-electron chi connectivity index (χ2n) is 6.40. The third kappa shape index (κ3) is 3.34. The Morgan fingerprint density at radius 2 is 2.23 bits per heavy atom. The quantitative estimate of drug-likeness (QED) is 0.789. The van der Waals surface area contributed by atoms with Gasteiger partial charge in [0.1, 0.15) is 5.75 Å². The molecule has 2 unspecified atom stereocenters. The molecule has 26 heavy (non-hydrogen) atoms. The Hall–Kier alpha value is -2.32. The molecule has 0 saturated carbocycles. The number of nitrogens with one attached hydrogen (secondary N) is 1. The van der Waals surface area contributed by atoms with Gasteiger partial charge >= 0.3 is 5.97 Å². The van der Waals surface area contributed by atoms with Gasteiger partial charge < -0.3 is 24.8 Å². The van der Waals surface area contributed by atoms with Crippen molar-refractivity contribution in [1.82, 2.24) is 5.32 Å². The van der Waals surface area contributed by atoms with E-state index in [1.807, 2.05) is 0 Å². The number of carbonyl (C=O) groups excluding carboxylic acids is 2. The number of carboxylic acids is 1. The fourth-order valence-electron chi connectivity index (χ4n) is 3.21. The number of methoxy groups -OCH3 is 1. The van der Waals surface area contributed by atoms with Crippen LogP contribution in [0.2, 0.25) is 5.02 Å². The van der Waals surface area contributed by atoms with Crippen LogP contribution in [0.5, 0.6) is 5.75 Å². The van der Waals surface area contributed by atoms with E-state index in [1.165, 1.54) is 12.0 Å². The number of ether oxygens (including phenoxy) is 2. The number of anilines is 1. The van der Waals surface area contributed by atoms with Crippen LogP contribution in [0.1, 0.15) is 12.8 Å². The number of benzene rings is 1. The van der Waals surface area contributed by atoms with Crippen molar-refractivity contribution in [3.05, 3.63) is 23.2 Å². The maximum atomic E-state index is 12.6. The zero-order chi connectivity index (χ0) is 18.9. The van der Waals surface area contributed by atoms with Gasteiger partial charge in [-0.05, 0) is 18.2 Å². The minimum absolute atomic E-state index is 0.0158. The lowest BCUT2D eigenvalue weighted by atomic mass is 9.97. The van der Waals surface area contributed by atoms with E-state index in [1.54, 1.807) is 18.2 Å². The maximum absolute atomic E-state index is 12.6. The molecular formula is C17H19ClN2O6. The first-order valence-corrected chi connectivity index (χ1v) is 8.51. The number of hydrogen-bond donors (Lipinski definition) is 2. The van der Waals surface area contributed by atoms with Crippen LogP contribution in [0.25, 0.3) is 0 Å². The van der Waals surface area contributed by atoms with Gasteiger partial charge in [-0.25, -0.2) is 4.79 Å². The molecule has 1 aromatic rings. The highest BCUT2D eigenvalue weighted by atomic mass is 35.5. The van der Waals surface area contributed by atoms with Crippen LogP contribution in [0, 0.1) is 5.92 Å². The number of carbonyl (C=O) groups is 3. The van der Waals surface area contributed by atoms with Gasteiger partial charge in [-0.2, -0.15) is 0 Å². The Morgan fingerprint density at radius 3 is 2.85 bits per heavy atom. The predicted molar refractivity (Wildman–Crippen MR) is 92.4 cm³/mol. The van der Waals surface area contributed by atoms with Crippen molar-refractivity contribution < 1.29 is 29.0 Å². The van der Waals surface area contributed by atoms with Crippen LogP contribution >= 0.6 is 11.6 Å². The predicted octanol–water partition coefficient (Wildman–Crippen LogP) is 1.06. The van der Waals surface area contributed by atoms with E-state index in [2.05, 4.69) is 5.32 Å². The zero-order valence-electron chi connectivity index (χ0n) is 14.2. The van der Waals surface area contributed by atoms with Crippen LogP contribution < -0.4 is 15.0 Å². The molecule has 2 aliphatic rings. The van der Waals surface area contributed by atoms with Crippen LogP contribution in [-0.4, -0.2) is 55.3 Å². The lowest BCUT2D eigenvalue weighted by Crippen LogP contribution is -2.56. The molecule has 2 amide bonds. The minimum atomic E-state index is -1.43. The Morgan fingerprint density at radius 1 is 1.46 bits per heavy atom. The average Bonchev–Trinajstić information content (AvgIpc) is 3.22. The summed E-state index contributed by atoms with van der Waals surface area (Å²) in [6, 6.07) is 4.89. The monoisotopic (exact) mass is 382 g/mol. The van der Waals surface area contributed by atoms with Crippen molar-refractivity contribution in [3.8, 4) is 5.75 Å². The number of carboxylic acid groups (broad SMARTS) is 1. The summed E-state index contributed by atoms with van der Waals surface area (Å²) in [4.78, 5) is 38.0. The Bertz CT molecular complexity index is 747.